The molecule has 3 fully saturated rings. The third-order valence-corrected chi connectivity index (χ3v) is 11.0. The number of halogens is 3. The van der Waals surface area contributed by atoms with Crippen LogP contribution in [0.4, 0.5) is 13.2 Å². The number of esters is 1. The molecule has 0 radical (unpaired) electrons. The molecule has 0 bridgehead atoms. The van der Waals surface area contributed by atoms with E-state index in [0.717, 1.165) is 11.8 Å². The van der Waals surface area contributed by atoms with Crippen molar-refractivity contribution in [3.8, 4) is 11.6 Å². The number of fused-ring (bicyclic) bond motifs is 1. The molecule has 0 spiro atoms. The van der Waals surface area contributed by atoms with E-state index in [4.69, 9.17) is 18.4 Å². The second kappa shape index (κ2) is 15.0. The van der Waals surface area contributed by atoms with Crippen LogP contribution in [0.3, 0.4) is 0 Å². The topological polar surface area (TPSA) is 168 Å². The van der Waals surface area contributed by atoms with Crippen molar-refractivity contribution in [3.05, 3.63) is 30.5 Å². The maximum absolute atomic E-state index is 14.3. The van der Waals surface area contributed by atoms with E-state index in [1.54, 1.807) is 52.0 Å². The van der Waals surface area contributed by atoms with Crippen LogP contribution in [0.15, 0.2) is 30.5 Å². The normalized spacial score (nSPS) is 24.3. The van der Waals surface area contributed by atoms with Crippen LogP contribution in [0.5, 0.6) is 11.6 Å². The Morgan fingerprint density at radius 1 is 1.09 bits per heavy atom. The zero-order valence-corrected chi connectivity index (χ0v) is 31.3. The number of pyridine rings is 1. The smallest absolute Gasteiger partial charge is 0.392 e. The number of hydrogen-bond donors (Lipinski definition) is 1. The highest BCUT2D eigenvalue weighted by Gasteiger charge is 2.61. The maximum atomic E-state index is 14.3. The number of nitrogens with zero attached hydrogens (tertiary/aromatic N) is 2. The minimum Gasteiger partial charge on any atom is -0.497 e. The first-order valence-electron chi connectivity index (χ1n) is 17.6. The molecule has 1 aromatic heterocycles. The Morgan fingerprint density at radius 3 is 2.38 bits per heavy atom. The number of carbonyl (C=O) groups excluding carboxylic acids is 4. The van der Waals surface area contributed by atoms with Crippen LogP contribution in [0.2, 0.25) is 0 Å². The standard InChI is InChI=1S/C36H46F3N3O10S/c1-7-22-17-35(22,33(46)41-53(47,48)52-23-8-9-23)18-29(43)28-15-25(50-31-26-11-10-24(49-6)14-21(26)12-13-40-31)19-42(28)32(45)27(20(2)36(37,38)39)16-30(44)51-34(3,4)5/h10-14,20,22-23,25,27-28H,7-9,15-19H2,1-6H3,(H,41,46)/t20?,22-,25?,27+,28?,35-/m1/s1. The van der Waals surface area contributed by atoms with Crippen molar-refractivity contribution in [2.24, 2.45) is 23.2 Å². The molecule has 1 aliphatic heterocycles. The molecule has 3 unspecified atom stereocenters. The third-order valence-electron chi connectivity index (χ3n) is 10.0. The number of Topliss-reactive ketones (excluding diaryl/α,β-unsaturated/α-hetero) is 1. The molecule has 1 N–H and O–H groups in total. The summed E-state index contributed by atoms with van der Waals surface area (Å²) < 4.78 is 91.5. The molecule has 292 valence electrons. The van der Waals surface area contributed by atoms with Gasteiger partial charge in [0.2, 0.25) is 17.7 Å². The van der Waals surface area contributed by atoms with Crippen molar-refractivity contribution in [3.63, 3.8) is 0 Å². The first kappa shape index (κ1) is 40.2. The number of aromatic nitrogens is 1. The van der Waals surface area contributed by atoms with Gasteiger partial charge in [0.1, 0.15) is 17.5 Å². The summed E-state index contributed by atoms with van der Waals surface area (Å²) in [5.41, 5.74) is -2.48. The van der Waals surface area contributed by atoms with Crippen molar-refractivity contribution >= 4 is 44.6 Å². The van der Waals surface area contributed by atoms with Gasteiger partial charge in [0.25, 0.3) is 0 Å². The number of rotatable bonds is 15. The van der Waals surface area contributed by atoms with E-state index in [-0.39, 0.29) is 31.2 Å². The fourth-order valence-electron chi connectivity index (χ4n) is 6.92. The van der Waals surface area contributed by atoms with Crippen LogP contribution in [-0.2, 0) is 38.4 Å². The first-order valence-corrected chi connectivity index (χ1v) is 19.0. The van der Waals surface area contributed by atoms with Crippen LogP contribution in [-0.4, -0.2) is 85.6 Å². The Hall–Kier alpha value is -3.99. The van der Waals surface area contributed by atoms with Crippen LogP contribution >= 0.6 is 0 Å². The summed E-state index contributed by atoms with van der Waals surface area (Å²) in [4.78, 5) is 60.2. The molecular weight excluding hydrogens is 723 g/mol. The van der Waals surface area contributed by atoms with E-state index in [0.29, 0.717) is 35.8 Å². The summed E-state index contributed by atoms with van der Waals surface area (Å²) in [6.07, 6.45) is -4.77. The average Bonchev–Trinajstić information content (AvgIpc) is 3.97. The number of likely N-dealkylation sites (tertiary alicyclic amines) is 1. The highest BCUT2D eigenvalue weighted by atomic mass is 32.2. The quantitative estimate of drug-likeness (QED) is 0.241. The van der Waals surface area contributed by atoms with Gasteiger partial charge in [0.15, 0.2) is 5.78 Å². The fraction of sp³-hybridized carbons (Fsp3) is 0.639. The van der Waals surface area contributed by atoms with Gasteiger partial charge >= 0.3 is 22.4 Å². The molecule has 53 heavy (non-hydrogen) atoms. The second-order valence-corrected chi connectivity index (χ2v) is 16.5. The highest BCUT2D eigenvalue weighted by molar-refractivity contribution is 7.85. The van der Waals surface area contributed by atoms with Crippen molar-refractivity contribution < 1.29 is 59.2 Å². The summed E-state index contributed by atoms with van der Waals surface area (Å²) in [5, 5.41) is 1.28. The Kier molecular flexibility index (Phi) is 11.4. The molecule has 6 atom stereocenters. The Balaban J connectivity index is 1.46. The molecule has 2 aromatic rings. The molecular formula is C36H46F3N3O10S. The lowest BCUT2D eigenvalue weighted by atomic mass is 9.87. The molecule has 1 aromatic carbocycles. The van der Waals surface area contributed by atoms with Gasteiger partial charge < -0.3 is 19.1 Å². The van der Waals surface area contributed by atoms with Crippen molar-refractivity contribution in [1.29, 1.82) is 0 Å². The molecule has 2 heterocycles. The third kappa shape index (κ3) is 9.58. The minimum atomic E-state index is -4.88. The lowest BCUT2D eigenvalue weighted by molar-refractivity contribution is -0.193. The number of ether oxygens (including phenoxy) is 3. The summed E-state index contributed by atoms with van der Waals surface area (Å²) in [7, 11) is -2.95. The highest BCUT2D eigenvalue weighted by Crippen LogP contribution is 2.58. The number of methoxy groups -OCH3 is 1. The van der Waals surface area contributed by atoms with E-state index in [1.807, 2.05) is 4.72 Å². The Labute approximate surface area is 306 Å². The largest absolute Gasteiger partial charge is 0.497 e. The van der Waals surface area contributed by atoms with Gasteiger partial charge in [-0.25, -0.2) is 9.71 Å². The lowest BCUT2D eigenvalue weighted by Crippen LogP contribution is -2.49. The molecule has 1 saturated heterocycles. The predicted molar refractivity (Wildman–Crippen MR) is 184 cm³/mol. The molecule has 13 nitrogen and oxygen atoms in total. The van der Waals surface area contributed by atoms with Crippen LogP contribution in [0.25, 0.3) is 10.8 Å². The van der Waals surface area contributed by atoms with Crippen LogP contribution in [0.1, 0.15) is 79.6 Å². The van der Waals surface area contributed by atoms with E-state index >= 15 is 0 Å². The number of carbonyl (C=O) groups is 4. The molecule has 2 amide bonds. The summed E-state index contributed by atoms with van der Waals surface area (Å²) in [6.45, 7) is 6.86. The fourth-order valence-corrected chi connectivity index (χ4v) is 7.95. The number of ketones is 1. The summed E-state index contributed by atoms with van der Waals surface area (Å²) in [5.74, 6) is -7.62. The second-order valence-electron chi connectivity index (χ2n) is 15.2. The monoisotopic (exact) mass is 769 g/mol. The summed E-state index contributed by atoms with van der Waals surface area (Å²) in [6, 6.07) is 5.50. The average molecular weight is 770 g/mol. The molecule has 2 aliphatic carbocycles. The molecule has 5 rings (SSSR count). The van der Waals surface area contributed by atoms with Gasteiger partial charge in [-0.2, -0.15) is 21.6 Å². The van der Waals surface area contributed by atoms with Gasteiger partial charge in [-0.1, -0.05) is 20.3 Å². The van der Waals surface area contributed by atoms with E-state index in [1.165, 1.54) is 13.3 Å². The van der Waals surface area contributed by atoms with Gasteiger partial charge in [0, 0.05) is 24.4 Å². The van der Waals surface area contributed by atoms with Crippen molar-refractivity contribution in [1.82, 2.24) is 14.6 Å². The van der Waals surface area contributed by atoms with E-state index < -0.39 is 94.0 Å². The Bertz CT molecular complexity index is 1850. The molecule has 17 heteroatoms. The molecule has 3 aliphatic rings. The van der Waals surface area contributed by atoms with Gasteiger partial charge in [-0.3, -0.25) is 23.4 Å². The first-order chi connectivity index (χ1) is 24.7. The lowest BCUT2D eigenvalue weighted by Gasteiger charge is -2.32. The number of amides is 2. The zero-order chi connectivity index (χ0) is 39.1. The van der Waals surface area contributed by atoms with Gasteiger partial charge in [0.05, 0.1) is 49.5 Å². The van der Waals surface area contributed by atoms with Gasteiger partial charge in [-0.15, -0.1) is 0 Å². The van der Waals surface area contributed by atoms with Crippen LogP contribution < -0.4 is 14.2 Å². The molecule has 2 saturated carbocycles. The SMILES string of the molecule is CC[C@@H]1C[C@]1(CC(=O)C1CC(Oc2nccc3cc(OC)ccc23)CN1C(=O)[C@@H](CC(=O)OC(C)(C)C)C(C)C(F)(F)F)C(=O)NS(=O)(=O)OC1CC1. The number of alkyl halides is 3. The number of nitrogens with one attached hydrogen (secondary N) is 1. The van der Waals surface area contributed by atoms with Gasteiger partial charge in [-0.05, 0) is 75.6 Å². The van der Waals surface area contributed by atoms with Crippen molar-refractivity contribution in [2.45, 2.75) is 110 Å². The van der Waals surface area contributed by atoms with E-state index in [2.05, 4.69) is 4.98 Å². The van der Waals surface area contributed by atoms with E-state index in [9.17, 15) is 40.8 Å². The predicted octanol–water partition coefficient (Wildman–Crippen LogP) is 5.05. The number of hydrogen-bond acceptors (Lipinski definition) is 11. The van der Waals surface area contributed by atoms with Crippen LogP contribution in [0, 0.1) is 23.2 Å². The number of benzene rings is 1. The van der Waals surface area contributed by atoms with Crippen molar-refractivity contribution in [2.75, 3.05) is 13.7 Å². The minimum absolute atomic E-state index is 0.148. The zero-order valence-electron chi connectivity index (χ0n) is 30.5. The summed E-state index contributed by atoms with van der Waals surface area (Å²) >= 11 is 0. The Morgan fingerprint density at radius 2 is 1.79 bits per heavy atom. The maximum Gasteiger partial charge on any atom is 0.392 e.